The second-order valence-electron chi connectivity index (χ2n) is 23.8. The minimum absolute atomic E-state index is 0.0810. The van der Waals surface area contributed by atoms with Crippen molar-refractivity contribution >= 4 is 17.9 Å². The van der Waals surface area contributed by atoms with Crippen LogP contribution in [0.1, 0.15) is 367 Å². The summed E-state index contributed by atoms with van der Waals surface area (Å²) in [5.41, 5.74) is 0. The first kappa shape index (κ1) is 77.9. The predicted octanol–water partition coefficient (Wildman–Crippen LogP) is 24.4. The summed E-state index contributed by atoms with van der Waals surface area (Å²) in [5.74, 6) is -0.883. The van der Waals surface area contributed by atoms with Gasteiger partial charge in [0.05, 0.1) is 0 Å². The molecule has 0 N–H and O–H groups in total. The van der Waals surface area contributed by atoms with Crippen LogP contribution in [0.15, 0.2) is 72.9 Å². The molecule has 470 valence electrons. The van der Waals surface area contributed by atoms with Crippen molar-refractivity contribution in [3.05, 3.63) is 72.9 Å². The van der Waals surface area contributed by atoms with Gasteiger partial charge in [0.2, 0.25) is 0 Å². The minimum atomic E-state index is -0.787. The summed E-state index contributed by atoms with van der Waals surface area (Å²) in [6.07, 6.45) is 90.6. The van der Waals surface area contributed by atoms with Gasteiger partial charge >= 0.3 is 17.9 Å². The van der Waals surface area contributed by atoms with Gasteiger partial charge in [-0.2, -0.15) is 0 Å². The molecule has 0 aliphatic carbocycles. The molecule has 0 aliphatic rings. The molecule has 0 fully saturated rings. The van der Waals surface area contributed by atoms with Gasteiger partial charge in [0.25, 0.3) is 0 Å². The first-order chi connectivity index (χ1) is 40.0. The molecule has 81 heavy (non-hydrogen) atoms. The maximum Gasteiger partial charge on any atom is 0.306 e. The number of esters is 3. The summed E-state index contributed by atoms with van der Waals surface area (Å²) in [7, 11) is 0. The Morgan fingerprint density at radius 1 is 0.247 bits per heavy atom. The number of rotatable bonds is 65. The summed E-state index contributed by atoms with van der Waals surface area (Å²) in [4.78, 5) is 38.5. The molecule has 6 nitrogen and oxygen atoms in total. The zero-order chi connectivity index (χ0) is 58.5. The fraction of sp³-hybridized carbons (Fsp3) is 0.800. The topological polar surface area (TPSA) is 78.9 Å². The number of hydrogen-bond acceptors (Lipinski definition) is 6. The van der Waals surface area contributed by atoms with Crippen molar-refractivity contribution in [2.45, 2.75) is 374 Å². The van der Waals surface area contributed by atoms with E-state index >= 15 is 0 Å². The molecule has 0 rings (SSSR count). The second-order valence-corrected chi connectivity index (χ2v) is 23.8. The van der Waals surface area contributed by atoms with Gasteiger partial charge in [0.1, 0.15) is 13.2 Å². The van der Waals surface area contributed by atoms with Gasteiger partial charge < -0.3 is 14.2 Å². The van der Waals surface area contributed by atoms with Crippen LogP contribution in [-0.2, 0) is 28.6 Å². The molecule has 0 aliphatic heterocycles. The lowest BCUT2D eigenvalue weighted by atomic mass is 10.0. The Hall–Kier alpha value is -3.15. The van der Waals surface area contributed by atoms with Gasteiger partial charge in [-0.1, -0.05) is 306 Å². The van der Waals surface area contributed by atoms with Crippen LogP contribution < -0.4 is 0 Å². The molecule has 0 amide bonds. The van der Waals surface area contributed by atoms with Gasteiger partial charge in [-0.3, -0.25) is 14.4 Å². The average molecular weight is 1130 g/mol. The first-order valence-corrected chi connectivity index (χ1v) is 35.4. The Labute approximate surface area is 503 Å². The highest BCUT2D eigenvalue weighted by atomic mass is 16.6. The lowest BCUT2D eigenvalue weighted by Crippen LogP contribution is -2.30. The van der Waals surface area contributed by atoms with Crippen molar-refractivity contribution in [3.8, 4) is 0 Å². The molecule has 0 aromatic heterocycles. The van der Waals surface area contributed by atoms with Crippen molar-refractivity contribution in [2.75, 3.05) is 13.2 Å². The fourth-order valence-corrected chi connectivity index (χ4v) is 10.3. The molecular weight excluding hydrogens is 997 g/mol. The van der Waals surface area contributed by atoms with Crippen LogP contribution in [-0.4, -0.2) is 37.2 Å². The molecular formula is C75H134O6. The van der Waals surface area contributed by atoms with Crippen molar-refractivity contribution in [3.63, 3.8) is 0 Å². The molecule has 6 heteroatoms. The van der Waals surface area contributed by atoms with Crippen molar-refractivity contribution in [2.24, 2.45) is 0 Å². The van der Waals surface area contributed by atoms with Crippen LogP contribution in [0.5, 0.6) is 0 Å². The summed E-state index contributed by atoms with van der Waals surface area (Å²) in [6, 6.07) is 0. The average Bonchev–Trinajstić information content (AvgIpc) is 3.47. The zero-order valence-electron chi connectivity index (χ0n) is 54.1. The maximum atomic E-state index is 13.0. The van der Waals surface area contributed by atoms with Crippen LogP contribution in [0.2, 0.25) is 0 Å². The monoisotopic (exact) mass is 1130 g/mol. The number of carbonyl (C=O) groups excluding carboxylic acids is 3. The third-order valence-corrected chi connectivity index (χ3v) is 15.7. The predicted molar refractivity (Wildman–Crippen MR) is 353 cm³/mol. The van der Waals surface area contributed by atoms with Gasteiger partial charge in [0.15, 0.2) is 6.10 Å². The van der Waals surface area contributed by atoms with E-state index in [2.05, 4.69) is 93.7 Å². The Bertz CT molecular complexity index is 1490. The van der Waals surface area contributed by atoms with E-state index in [1.165, 1.54) is 231 Å². The summed E-state index contributed by atoms with van der Waals surface area (Å²) in [6.45, 7) is 6.64. The summed E-state index contributed by atoms with van der Waals surface area (Å²) in [5, 5.41) is 0. The van der Waals surface area contributed by atoms with Crippen LogP contribution in [0.3, 0.4) is 0 Å². The molecule has 1 atom stereocenters. The van der Waals surface area contributed by atoms with E-state index in [0.717, 1.165) is 96.3 Å². The number of hydrogen-bond donors (Lipinski definition) is 0. The van der Waals surface area contributed by atoms with Crippen LogP contribution in [0.4, 0.5) is 0 Å². The van der Waals surface area contributed by atoms with E-state index in [4.69, 9.17) is 14.2 Å². The summed E-state index contributed by atoms with van der Waals surface area (Å²) < 4.78 is 17.0. The molecule has 0 bridgehead atoms. The Balaban J connectivity index is 4.33. The number of carbonyl (C=O) groups is 3. The van der Waals surface area contributed by atoms with Crippen molar-refractivity contribution in [1.82, 2.24) is 0 Å². The standard InChI is InChI=1S/C75H134O6/c1-4-7-10-13-16-19-22-25-28-30-32-34-36-37-39-40-42-44-47-50-53-56-59-62-65-68-74(77)80-71-72(70-79-73(76)67-64-61-58-55-52-49-46-27-24-21-18-15-12-9-6-3)81-75(78)69-66-63-60-57-54-51-48-45-43-41-38-35-33-31-29-26-23-20-17-14-11-8-5-2/h18,21,23,26-27,30-33,38,41,46,72H,4-17,19-20,22,24-25,28-29,34-37,39-40,42-45,47-71H2,1-3H3/b21-18-,26-23-,32-30-,33-31-,41-38-,46-27-. The number of ether oxygens (including phenoxy) is 3. The van der Waals surface area contributed by atoms with E-state index in [-0.39, 0.29) is 31.1 Å². The van der Waals surface area contributed by atoms with E-state index in [0.29, 0.717) is 19.3 Å². The Kier molecular flexibility index (Phi) is 66.6. The van der Waals surface area contributed by atoms with Gasteiger partial charge in [-0.25, -0.2) is 0 Å². The smallest absolute Gasteiger partial charge is 0.306 e. The molecule has 0 aromatic carbocycles. The molecule has 0 saturated carbocycles. The molecule has 0 radical (unpaired) electrons. The van der Waals surface area contributed by atoms with Gasteiger partial charge in [0, 0.05) is 19.3 Å². The first-order valence-electron chi connectivity index (χ1n) is 35.4. The molecule has 0 heterocycles. The van der Waals surface area contributed by atoms with E-state index < -0.39 is 6.10 Å². The lowest BCUT2D eigenvalue weighted by Gasteiger charge is -2.18. The van der Waals surface area contributed by atoms with E-state index in [9.17, 15) is 14.4 Å². The third kappa shape index (κ3) is 67.5. The Morgan fingerprint density at radius 2 is 0.444 bits per heavy atom. The quantitative estimate of drug-likeness (QED) is 0.0261. The number of unbranched alkanes of at least 4 members (excludes halogenated alkanes) is 42. The molecule has 0 spiro atoms. The largest absolute Gasteiger partial charge is 0.462 e. The molecule has 0 saturated heterocycles. The SMILES string of the molecule is CCCCC/C=C\C/C=C\CCCCCCCC(=O)OCC(COC(=O)CCCCCCCCCCCCCCC/C=C\CCCCCCCCCC)OC(=O)CCCCCCCCCC/C=C\C/C=C\C/C=C\CCCCCCC. The normalized spacial score (nSPS) is 12.5. The highest BCUT2D eigenvalue weighted by Crippen LogP contribution is 2.17. The van der Waals surface area contributed by atoms with Crippen LogP contribution in [0, 0.1) is 0 Å². The second kappa shape index (κ2) is 69.3. The van der Waals surface area contributed by atoms with Crippen molar-refractivity contribution < 1.29 is 28.6 Å². The zero-order valence-corrected chi connectivity index (χ0v) is 54.1. The minimum Gasteiger partial charge on any atom is -0.462 e. The Morgan fingerprint density at radius 3 is 0.728 bits per heavy atom. The lowest BCUT2D eigenvalue weighted by molar-refractivity contribution is -0.167. The molecule has 1 unspecified atom stereocenters. The van der Waals surface area contributed by atoms with E-state index in [1.54, 1.807) is 0 Å². The van der Waals surface area contributed by atoms with Crippen LogP contribution in [0.25, 0.3) is 0 Å². The highest BCUT2D eigenvalue weighted by molar-refractivity contribution is 5.71. The maximum absolute atomic E-state index is 13.0. The fourth-order valence-electron chi connectivity index (χ4n) is 10.3. The van der Waals surface area contributed by atoms with Gasteiger partial charge in [-0.05, 0) is 116 Å². The molecule has 0 aromatic rings. The number of allylic oxidation sites excluding steroid dienone is 12. The van der Waals surface area contributed by atoms with Crippen LogP contribution >= 0.6 is 0 Å². The van der Waals surface area contributed by atoms with Gasteiger partial charge in [-0.15, -0.1) is 0 Å². The summed E-state index contributed by atoms with van der Waals surface area (Å²) >= 11 is 0. The van der Waals surface area contributed by atoms with Crippen molar-refractivity contribution in [1.29, 1.82) is 0 Å². The highest BCUT2D eigenvalue weighted by Gasteiger charge is 2.19. The van der Waals surface area contributed by atoms with E-state index in [1.807, 2.05) is 0 Å². The third-order valence-electron chi connectivity index (χ3n) is 15.7.